The number of nitrogens with one attached hydrogen (secondary N) is 1. The van der Waals surface area contributed by atoms with Crippen molar-refractivity contribution in [2.75, 3.05) is 20.8 Å². The number of esters is 1. The number of carbonyl (C=O) groups excluding carboxylic acids is 2. The van der Waals surface area contributed by atoms with Gasteiger partial charge in [-0.1, -0.05) is 25.3 Å². The molecule has 4 rings (SSSR count). The Kier molecular flexibility index (Phi) is 4.58. The Morgan fingerprint density at radius 3 is 2.67 bits per heavy atom. The predicted molar refractivity (Wildman–Crippen MR) is 102 cm³/mol. The van der Waals surface area contributed by atoms with Gasteiger partial charge in [0.25, 0.3) is 5.91 Å². The average Bonchev–Trinajstić information content (AvgIpc) is 3.29. The average molecular weight is 370 g/mol. The van der Waals surface area contributed by atoms with Crippen LogP contribution in [0.4, 0.5) is 0 Å². The minimum atomic E-state index is -0.506. The number of nitrogens with zero attached hydrogens (tertiary/aromatic N) is 1. The summed E-state index contributed by atoms with van der Waals surface area (Å²) in [6.45, 7) is 0.623. The number of aromatic nitrogens is 1. The number of methoxy groups -OCH3 is 2. The number of carbonyl (C=O) groups is 2. The molecule has 144 valence electrons. The van der Waals surface area contributed by atoms with Crippen LogP contribution in [0.25, 0.3) is 10.9 Å². The number of fused-ring (bicyclic) bond motifs is 1. The summed E-state index contributed by atoms with van der Waals surface area (Å²) in [5.74, 6) is 0.253. The minimum Gasteiger partial charge on any atom is -0.496 e. The lowest BCUT2D eigenvalue weighted by Crippen LogP contribution is -2.41. The Bertz CT molecular complexity index is 866. The lowest BCUT2D eigenvalue weighted by Gasteiger charge is -2.32. The molecule has 1 aliphatic heterocycles. The quantitative estimate of drug-likeness (QED) is 0.839. The minimum absolute atomic E-state index is 0.0521. The van der Waals surface area contributed by atoms with Gasteiger partial charge in [0.1, 0.15) is 17.5 Å². The van der Waals surface area contributed by atoms with Crippen LogP contribution in [0, 0.1) is 5.41 Å². The molecule has 1 aliphatic carbocycles. The van der Waals surface area contributed by atoms with Crippen LogP contribution in [0.15, 0.2) is 24.3 Å². The number of rotatable bonds is 3. The highest BCUT2D eigenvalue weighted by Crippen LogP contribution is 2.47. The molecule has 1 atom stereocenters. The highest BCUT2D eigenvalue weighted by atomic mass is 16.5. The van der Waals surface area contributed by atoms with Crippen molar-refractivity contribution >= 4 is 22.8 Å². The van der Waals surface area contributed by atoms with E-state index in [2.05, 4.69) is 4.98 Å². The van der Waals surface area contributed by atoms with Crippen molar-refractivity contribution in [2.24, 2.45) is 5.41 Å². The molecule has 1 amide bonds. The van der Waals surface area contributed by atoms with Gasteiger partial charge >= 0.3 is 5.97 Å². The van der Waals surface area contributed by atoms with Crippen LogP contribution in [0.3, 0.4) is 0 Å². The molecule has 1 saturated carbocycles. The van der Waals surface area contributed by atoms with E-state index in [1.807, 2.05) is 24.3 Å². The second-order valence-corrected chi connectivity index (χ2v) is 7.84. The van der Waals surface area contributed by atoms with E-state index in [1.165, 1.54) is 26.4 Å². The molecule has 0 radical (unpaired) electrons. The van der Waals surface area contributed by atoms with Crippen LogP contribution < -0.4 is 4.74 Å². The Morgan fingerprint density at radius 1 is 1.19 bits per heavy atom. The van der Waals surface area contributed by atoms with E-state index in [0.717, 1.165) is 29.5 Å². The molecule has 2 aromatic rings. The molecule has 2 aliphatic rings. The number of benzene rings is 1. The van der Waals surface area contributed by atoms with Crippen LogP contribution in [-0.2, 0) is 9.53 Å². The fraction of sp³-hybridized carbons (Fsp3) is 0.524. The van der Waals surface area contributed by atoms with Crippen molar-refractivity contribution in [1.82, 2.24) is 9.88 Å². The van der Waals surface area contributed by atoms with E-state index >= 15 is 0 Å². The predicted octanol–water partition coefficient (Wildman–Crippen LogP) is 3.51. The fourth-order valence-electron chi connectivity index (χ4n) is 4.86. The van der Waals surface area contributed by atoms with Crippen molar-refractivity contribution in [3.63, 3.8) is 0 Å². The van der Waals surface area contributed by atoms with Gasteiger partial charge in [-0.3, -0.25) is 4.79 Å². The molecule has 6 heteroatoms. The zero-order valence-corrected chi connectivity index (χ0v) is 15.9. The van der Waals surface area contributed by atoms with Gasteiger partial charge in [-0.2, -0.15) is 0 Å². The highest BCUT2D eigenvalue weighted by Gasteiger charge is 2.49. The van der Waals surface area contributed by atoms with Gasteiger partial charge in [-0.05, 0) is 42.9 Å². The number of hydrogen-bond donors (Lipinski definition) is 1. The maximum atomic E-state index is 13.3. The Hall–Kier alpha value is -2.50. The molecule has 2 heterocycles. The third kappa shape index (κ3) is 3.07. The normalized spacial score (nSPS) is 21.6. The maximum absolute atomic E-state index is 13.3. The Labute approximate surface area is 158 Å². The van der Waals surface area contributed by atoms with Crippen molar-refractivity contribution in [3.05, 3.63) is 30.0 Å². The van der Waals surface area contributed by atoms with E-state index in [4.69, 9.17) is 9.47 Å². The highest BCUT2D eigenvalue weighted by molar-refractivity contribution is 6.01. The van der Waals surface area contributed by atoms with Crippen molar-refractivity contribution in [1.29, 1.82) is 0 Å². The summed E-state index contributed by atoms with van der Waals surface area (Å²) in [7, 11) is 3.01. The van der Waals surface area contributed by atoms with Crippen molar-refractivity contribution in [3.8, 4) is 5.75 Å². The number of ether oxygens (including phenoxy) is 2. The van der Waals surface area contributed by atoms with E-state index in [-0.39, 0.29) is 17.3 Å². The third-order valence-electron chi connectivity index (χ3n) is 6.23. The smallest absolute Gasteiger partial charge is 0.328 e. The first-order chi connectivity index (χ1) is 13.1. The van der Waals surface area contributed by atoms with E-state index in [9.17, 15) is 9.59 Å². The standard InChI is InChI=1S/C21H26N2O4/c1-26-18-8-6-7-15-14(18)11-16(22-15)19(24)23-13-21(9-4-3-5-10-21)12-17(23)20(25)27-2/h6-8,11,17,22H,3-5,9-10,12-13H2,1-2H3. The molecule has 6 nitrogen and oxygen atoms in total. The number of H-pyrrole nitrogens is 1. The van der Waals surface area contributed by atoms with Gasteiger partial charge in [0.2, 0.25) is 0 Å². The van der Waals surface area contributed by atoms with Gasteiger partial charge in [0.15, 0.2) is 0 Å². The molecule has 2 fully saturated rings. The van der Waals surface area contributed by atoms with Crippen molar-refractivity contribution < 1.29 is 19.1 Å². The summed E-state index contributed by atoms with van der Waals surface area (Å²) < 4.78 is 10.4. The zero-order chi connectivity index (χ0) is 19.0. The number of likely N-dealkylation sites (tertiary alicyclic amines) is 1. The molecule has 1 N–H and O–H groups in total. The summed E-state index contributed by atoms with van der Waals surface area (Å²) in [5.41, 5.74) is 1.38. The molecule has 1 unspecified atom stereocenters. The number of amides is 1. The van der Waals surface area contributed by atoms with Gasteiger partial charge in [-0.25, -0.2) is 4.79 Å². The largest absolute Gasteiger partial charge is 0.496 e. The van der Waals surface area contributed by atoms with Crippen LogP contribution in [0.5, 0.6) is 5.75 Å². The topological polar surface area (TPSA) is 71.6 Å². The summed E-state index contributed by atoms with van der Waals surface area (Å²) in [4.78, 5) is 30.6. The second kappa shape index (κ2) is 6.91. The van der Waals surface area contributed by atoms with Crippen molar-refractivity contribution in [2.45, 2.75) is 44.6 Å². The first-order valence-corrected chi connectivity index (χ1v) is 9.61. The molecular weight excluding hydrogens is 344 g/mol. The molecular formula is C21H26N2O4. The number of hydrogen-bond acceptors (Lipinski definition) is 4. The number of aromatic amines is 1. The second-order valence-electron chi connectivity index (χ2n) is 7.84. The summed E-state index contributed by atoms with van der Waals surface area (Å²) >= 11 is 0. The van der Waals surface area contributed by atoms with E-state index < -0.39 is 6.04 Å². The molecule has 1 aromatic heterocycles. The van der Waals surface area contributed by atoms with Gasteiger partial charge in [0.05, 0.1) is 14.2 Å². The summed E-state index contributed by atoms with van der Waals surface area (Å²) in [6.07, 6.45) is 6.42. The van der Waals surface area contributed by atoms with Crippen LogP contribution in [-0.4, -0.2) is 48.6 Å². The van der Waals surface area contributed by atoms with Crippen LogP contribution in [0.2, 0.25) is 0 Å². The van der Waals surface area contributed by atoms with Gasteiger partial charge < -0.3 is 19.4 Å². The first-order valence-electron chi connectivity index (χ1n) is 9.61. The van der Waals surface area contributed by atoms with Gasteiger partial charge in [-0.15, -0.1) is 0 Å². The zero-order valence-electron chi connectivity index (χ0n) is 15.9. The Balaban J connectivity index is 1.67. The van der Waals surface area contributed by atoms with Crippen LogP contribution >= 0.6 is 0 Å². The van der Waals surface area contributed by atoms with Gasteiger partial charge in [0, 0.05) is 17.4 Å². The monoisotopic (exact) mass is 370 g/mol. The van der Waals surface area contributed by atoms with Crippen LogP contribution in [0.1, 0.15) is 49.0 Å². The molecule has 0 bridgehead atoms. The lowest BCUT2D eigenvalue weighted by atomic mass is 9.73. The molecule has 1 saturated heterocycles. The van der Waals surface area contributed by atoms with E-state index in [0.29, 0.717) is 18.7 Å². The fourth-order valence-corrected chi connectivity index (χ4v) is 4.86. The third-order valence-corrected chi connectivity index (χ3v) is 6.23. The summed E-state index contributed by atoms with van der Waals surface area (Å²) in [5, 5.41) is 0.865. The SMILES string of the molecule is COC(=O)C1CC2(CCCCC2)CN1C(=O)c1cc2c(OC)cccc2[nH]1. The Morgan fingerprint density at radius 2 is 1.96 bits per heavy atom. The first kappa shape index (κ1) is 17.9. The lowest BCUT2D eigenvalue weighted by molar-refractivity contribution is -0.145. The maximum Gasteiger partial charge on any atom is 0.328 e. The summed E-state index contributed by atoms with van der Waals surface area (Å²) in [6, 6.07) is 6.98. The molecule has 27 heavy (non-hydrogen) atoms. The molecule has 1 spiro atoms. The van der Waals surface area contributed by atoms with E-state index in [1.54, 1.807) is 12.0 Å². The molecule has 1 aromatic carbocycles.